The summed E-state index contributed by atoms with van der Waals surface area (Å²) < 4.78 is 2.99. The summed E-state index contributed by atoms with van der Waals surface area (Å²) in [7, 11) is 0. The van der Waals surface area contributed by atoms with Gasteiger partial charge in [-0.1, -0.05) is 0 Å². The van der Waals surface area contributed by atoms with Crippen molar-refractivity contribution in [2.45, 2.75) is 38.3 Å². The Hall–Kier alpha value is -1.21. The SMILES string of the molecule is C#CCC(C)NC(=O)c1cc(Br)cn1C1CC1. The lowest BCUT2D eigenvalue weighted by molar-refractivity contribution is 0.0931. The molecule has 1 aromatic heterocycles. The molecule has 1 atom stereocenters. The highest BCUT2D eigenvalue weighted by Gasteiger charge is 2.27. The molecule has 4 heteroatoms. The predicted octanol–water partition coefficient (Wildman–Crippen LogP) is 2.73. The number of amides is 1. The van der Waals surface area contributed by atoms with Crippen molar-refractivity contribution in [1.29, 1.82) is 0 Å². The summed E-state index contributed by atoms with van der Waals surface area (Å²) in [6, 6.07) is 2.36. The van der Waals surface area contributed by atoms with Gasteiger partial charge in [-0.3, -0.25) is 4.79 Å². The van der Waals surface area contributed by atoms with Crippen LogP contribution in [0.15, 0.2) is 16.7 Å². The maximum absolute atomic E-state index is 12.1. The van der Waals surface area contributed by atoms with Gasteiger partial charge in [0.2, 0.25) is 0 Å². The number of rotatable bonds is 4. The van der Waals surface area contributed by atoms with Crippen LogP contribution in [0.2, 0.25) is 0 Å². The van der Waals surface area contributed by atoms with E-state index in [-0.39, 0.29) is 11.9 Å². The monoisotopic (exact) mass is 294 g/mol. The van der Waals surface area contributed by atoms with Crippen LogP contribution in [0.1, 0.15) is 42.7 Å². The number of hydrogen-bond donors (Lipinski definition) is 1. The quantitative estimate of drug-likeness (QED) is 0.851. The summed E-state index contributed by atoms with van der Waals surface area (Å²) >= 11 is 3.41. The number of nitrogens with zero attached hydrogens (tertiary/aromatic N) is 1. The Morgan fingerprint density at radius 2 is 2.47 bits per heavy atom. The number of nitrogens with one attached hydrogen (secondary N) is 1. The van der Waals surface area contributed by atoms with Crippen LogP contribution in [0.5, 0.6) is 0 Å². The largest absolute Gasteiger partial charge is 0.347 e. The van der Waals surface area contributed by atoms with E-state index < -0.39 is 0 Å². The summed E-state index contributed by atoms with van der Waals surface area (Å²) in [6.07, 6.45) is 10.1. The van der Waals surface area contributed by atoms with E-state index in [1.54, 1.807) is 0 Å². The van der Waals surface area contributed by atoms with Gasteiger partial charge in [-0.25, -0.2) is 0 Å². The van der Waals surface area contributed by atoms with Gasteiger partial charge in [0, 0.05) is 29.2 Å². The van der Waals surface area contributed by atoms with Crippen LogP contribution in [0, 0.1) is 12.3 Å². The molecule has 0 aromatic carbocycles. The fourth-order valence-electron chi connectivity index (χ4n) is 1.81. The van der Waals surface area contributed by atoms with Crippen molar-refractivity contribution in [3.8, 4) is 12.3 Å². The zero-order valence-corrected chi connectivity index (χ0v) is 11.3. The summed E-state index contributed by atoms with van der Waals surface area (Å²) in [6.45, 7) is 1.91. The van der Waals surface area contributed by atoms with Crippen LogP contribution >= 0.6 is 15.9 Å². The van der Waals surface area contributed by atoms with Crippen LogP contribution in [-0.2, 0) is 0 Å². The molecule has 1 N–H and O–H groups in total. The first-order valence-electron chi connectivity index (χ1n) is 5.73. The third-order valence-corrected chi connectivity index (χ3v) is 3.22. The molecule has 0 aliphatic heterocycles. The van der Waals surface area contributed by atoms with Crippen molar-refractivity contribution in [2.24, 2.45) is 0 Å². The first-order valence-corrected chi connectivity index (χ1v) is 6.53. The molecule has 1 amide bonds. The summed E-state index contributed by atoms with van der Waals surface area (Å²) in [4.78, 5) is 12.1. The molecule has 1 heterocycles. The smallest absolute Gasteiger partial charge is 0.268 e. The maximum Gasteiger partial charge on any atom is 0.268 e. The molecule has 0 bridgehead atoms. The highest BCUT2D eigenvalue weighted by molar-refractivity contribution is 9.10. The Balaban J connectivity index is 2.11. The van der Waals surface area contributed by atoms with E-state index >= 15 is 0 Å². The molecule has 90 valence electrons. The number of aromatic nitrogens is 1. The fourth-order valence-corrected chi connectivity index (χ4v) is 2.25. The third kappa shape index (κ3) is 2.92. The van der Waals surface area contributed by atoms with Gasteiger partial charge in [-0.2, -0.15) is 0 Å². The molecule has 0 spiro atoms. The molecule has 1 fully saturated rings. The topological polar surface area (TPSA) is 34.0 Å². The Labute approximate surface area is 110 Å². The van der Waals surface area contributed by atoms with Gasteiger partial charge < -0.3 is 9.88 Å². The van der Waals surface area contributed by atoms with Gasteiger partial charge >= 0.3 is 0 Å². The lowest BCUT2D eigenvalue weighted by atomic mass is 10.2. The first-order chi connectivity index (χ1) is 8.11. The van der Waals surface area contributed by atoms with Crippen molar-refractivity contribution in [3.05, 3.63) is 22.4 Å². The van der Waals surface area contributed by atoms with Crippen molar-refractivity contribution < 1.29 is 4.79 Å². The van der Waals surface area contributed by atoms with Crippen LogP contribution in [0.25, 0.3) is 0 Å². The van der Waals surface area contributed by atoms with E-state index in [1.807, 2.05) is 23.8 Å². The molecular weight excluding hydrogens is 280 g/mol. The Kier molecular flexibility index (Phi) is 3.58. The molecule has 1 unspecified atom stereocenters. The number of terminal acetylenes is 1. The van der Waals surface area contributed by atoms with E-state index in [9.17, 15) is 4.79 Å². The molecule has 3 nitrogen and oxygen atoms in total. The molecule has 17 heavy (non-hydrogen) atoms. The van der Waals surface area contributed by atoms with Crippen molar-refractivity contribution >= 4 is 21.8 Å². The van der Waals surface area contributed by atoms with Gasteiger partial charge in [0.1, 0.15) is 5.69 Å². The van der Waals surface area contributed by atoms with Gasteiger partial charge in [0.05, 0.1) is 0 Å². The second-order valence-corrected chi connectivity index (χ2v) is 5.38. The molecule has 2 rings (SSSR count). The fraction of sp³-hybridized carbons (Fsp3) is 0.462. The van der Waals surface area contributed by atoms with Crippen LogP contribution in [0.4, 0.5) is 0 Å². The summed E-state index contributed by atoms with van der Waals surface area (Å²) in [5, 5.41) is 2.91. The third-order valence-electron chi connectivity index (χ3n) is 2.79. The zero-order chi connectivity index (χ0) is 12.4. The molecule has 1 aromatic rings. The summed E-state index contributed by atoms with van der Waals surface area (Å²) in [5.41, 5.74) is 0.711. The van der Waals surface area contributed by atoms with E-state index in [0.29, 0.717) is 18.2 Å². The molecule has 1 saturated carbocycles. The molecule has 1 aliphatic carbocycles. The van der Waals surface area contributed by atoms with Gasteiger partial charge in [0.25, 0.3) is 5.91 Å². The number of carbonyl (C=O) groups is 1. The van der Waals surface area contributed by atoms with Crippen molar-refractivity contribution in [2.75, 3.05) is 0 Å². The Bertz CT molecular complexity index is 468. The lowest BCUT2D eigenvalue weighted by Gasteiger charge is -2.12. The van der Waals surface area contributed by atoms with Crippen LogP contribution in [0.3, 0.4) is 0 Å². The lowest BCUT2D eigenvalue weighted by Crippen LogP contribution is -2.33. The normalized spacial score (nSPS) is 16.3. The minimum absolute atomic E-state index is 0.00817. The van der Waals surface area contributed by atoms with E-state index in [1.165, 1.54) is 0 Å². The van der Waals surface area contributed by atoms with E-state index in [0.717, 1.165) is 17.3 Å². The molecule has 0 radical (unpaired) electrons. The Morgan fingerprint density at radius 3 is 3.06 bits per heavy atom. The predicted molar refractivity (Wildman–Crippen MR) is 70.8 cm³/mol. The second-order valence-electron chi connectivity index (χ2n) is 4.46. The number of carbonyl (C=O) groups excluding carboxylic acids is 1. The highest BCUT2D eigenvalue weighted by Crippen LogP contribution is 2.37. The molecule has 0 saturated heterocycles. The molecule has 1 aliphatic rings. The zero-order valence-electron chi connectivity index (χ0n) is 9.74. The van der Waals surface area contributed by atoms with Gasteiger partial charge in [-0.15, -0.1) is 12.3 Å². The first kappa shape index (κ1) is 12.3. The minimum atomic E-state index is -0.0506. The second kappa shape index (κ2) is 4.97. The average Bonchev–Trinajstić information content (AvgIpc) is 3.02. The number of hydrogen-bond acceptors (Lipinski definition) is 1. The standard InChI is InChI=1S/C13H15BrN2O/c1-3-4-9(2)15-13(17)12-7-10(14)8-16(12)11-5-6-11/h1,7-9,11H,4-6H2,2H3,(H,15,17). The minimum Gasteiger partial charge on any atom is -0.347 e. The van der Waals surface area contributed by atoms with Crippen molar-refractivity contribution in [1.82, 2.24) is 9.88 Å². The van der Waals surface area contributed by atoms with E-state index in [2.05, 4.69) is 27.2 Å². The maximum atomic E-state index is 12.1. The average molecular weight is 295 g/mol. The van der Waals surface area contributed by atoms with Crippen LogP contribution < -0.4 is 5.32 Å². The Morgan fingerprint density at radius 1 is 1.76 bits per heavy atom. The van der Waals surface area contributed by atoms with E-state index in [4.69, 9.17) is 6.42 Å². The highest BCUT2D eigenvalue weighted by atomic mass is 79.9. The number of halogens is 1. The van der Waals surface area contributed by atoms with Gasteiger partial charge in [0.15, 0.2) is 0 Å². The van der Waals surface area contributed by atoms with Crippen molar-refractivity contribution in [3.63, 3.8) is 0 Å². The van der Waals surface area contributed by atoms with Crippen LogP contribution in [-0.4, -0.2) is 16.5 Å². The summed E-state index contributed by atoms with van der Waals surface area (Å²) in [5.74, 6) is 2.50. The van der Waals surface area contributed by atoms with Gasteiger partial charge in [-0.05, 0) is 41.8 Å². The molecular formula is C13H15BrN2O.